The summed E-state index contributed by atoms with van der Waals surface area (Å²) in [5, 5.41) is 6.32. The fraction of sp³-hybridized carbons (Fsp3) is 0.667. The maximum atomic E-state index is 11.7. The van der Waals surface area contributed by atoms with E-state index in [1.54, 1.807) is 13.0 Å². The molecule has 0 saturated carbocycles. The van der Waals surface area contributed by atoms with E-state index >= 15 is 0 Å². The van der Waals surface area contributed by atoms with Crippen LogP contribution in [0.15, 0.2) is 10.6 Å². The molecule has 0 spiro atoms. The van der Waals surface area contributed by atoms with E-state index in [1.165, 1.54) is 0 Å². The summed E-state index contributed by atoms with van der Waals surface area (Å²) >= 11 is 0. The lowest BCUT2D eigenvalue weighted by Gasteiger charge is -2.22. The molecule has 1 amide bonds. The molecular formula is C12H19N3O4S. The Balaban J connectivity index is 1.76. The summed E-state index contributed by atoms with van der Waals surface area (Å²) in [6, 6.07) is 1.66. The molecule has 112 valence electrons. The van der Waals surface area contributed by atoms with Gasteiger partial charge in [-0.25, -0.2) is 8.42 Å². The lowest BCUT2D eigenvalue weighted by atomic mass is 10.2. The van der Waals surface area contributed by atoms with Gasteiger partial charge in [0.15, 0.2) is 15.7 Å². The van der Waals surface area contributed by atoms with E-state index < -0.39 is 9.84 Å². The first-order valence-corrected chi connectivity index (χ1v) is 8.32. The molecule has 2 rings (SSSR count). The number of nitrogens with zero attached hydrogens (tertiary/aromatic N) is 2. The van der Waals surface area contributed by atoms with E-state index in [-0.39, 0.29) is 23.5 Å². The molecule has 20 heavy (non-hydrogen) atoms. The Morgan fingerprint density at radius 2 is 2.35 bits per heavy atom. The molecule has 1 fully saturated rings. The zero-order valence-electron chi connectivity index (χ0n) is 11.6. The third-order valence-electron chi connectivity index (χ3n) is 3.42. The highest BCUT2D eigenvalue weighted by atomic mass is 32.2. The highest BCUT2D eigenvalue weighted by Gasteiger charge is 2.30. The first-order valence-electron chi connectivity index (χ1n) is 6.49. The van der Waals surface area contributed by atoms with Crippen LogP contribution in [0.3, 0.4) is 0 Å². The predicted molar refractivity (Wildman–Crippen MR) is 74.2 cm³/mol. The van der Waals surface area contributed by atoms with Crippen molar-refractivity contribution in [2.24, 2.45) is 0 Å². The van der Waals surface area contributed by atoms with Gasteiger partial charge in [-0.3, -0.25) is 4.79 Å². The summed E-state index contributed by atoms with van der Waals surface area (Å²) in [4.78, 5) is 13.7. The van der Waals surface area contributed by atoms with Crippen molar-refractivity contribution in [3.05, 3.63) is 11.8 Å². The maximum Gasteiger partial charge on any atom is 0.226 e. The van der Waals surface area contributed by atoms with Crippen LogP contribution in [0.4, 0.5) is 5.82 Å². The van der Waals surface area contributed by atoms with Crippen LogP contribution in [0.5, 0.6) is 0 Å². The molecule has 0 radical (unpaired) electrons. The van der Waals surface area contributed by atoms with Gasteiger partial charge in [0.25, 0.3) is 0 Å². The molecule has 0 aromatic carbocycles. The minimum absolute atomic E-state index is 0.0158. The normalized spacial score (nSPS) is 21.2. The van der Waals surface area contributed by atoms with Crippen molar-refractivity contribution in [1.82, 2.24) is 10.1 Å². The van der Waals surface area contributed by atoms with Gasteiger partial charge in [-0.1, -0.05) is 5.16 Å². The van der Waals surface area contributed by atoms with E-state index in [2.05, 4.69) is 10.5 Å². The first kappa shape index (κ1) is 15.0. The zero-order chi connectivity index (χ0) is 14.8. The van der Waals surface area contributed by atoms with E-state index in [1.807, 2.05) is 11.9 Å². The van der Waals surface area contributed by atoms with Gasteiger partial charge in [-0.2, -0.15) is 0 Å². The van der Waals surface area contributed by atoms with Crippen molar-refractivity contribution in [2.45, 2.75) is 25.8 Å². The maximum absolute atomic E-state index is 11.7. The van der Waals surface area contributed by atoms with Crippen molar-refractivity contribution in [3.8, 4) is 0 Å². The molecule has 0 bridgehead atoms. The van der Waals surface area contributed by atoms with Crippen LogP contribution in [-0.4, -0.2) is 55.5 Å². The molecule has 7 nitrogen and oxygen atoms in total. The lowest BCUT2D eigenvalue weighted by Crippen LogP contribution is -2.35. The molecule has 1 aromatic rings. The zero-order valence-corrected chi connectivity index (χ0v) is 12.4. The number of nitrogens with one attached hydrogen (secondary N) is 1. The van der Waals surface area contributed by atoms with Crippen LogP contribution < -0.4 is 5.32 Å². The molecule has 1 aliphatic heterocycles. The number of hydrogen-bond acceptors (Lipinski definition) is 6. The van der Waals surface area contributed by atoms with Crippen molar-refractivity contribution >= 4 is 21.6 Å². The molecule has 8 heteroatoms. The molecule has 1 aromatic heterocycles. The number of aryl methyl sites for hydroxylation is 1. The Kier molecular flexibility index (Phi) is 4.44. The van der Waals surface area contributed by atoms with Crippen LogP contribution in [0, 0.1) is 6.92 Å². The second-order valence-electron chi connectivity index (χ2n) is 5.16. The van der Waals surface area contributed by atoms with Crippen molar-refractivity contribution < 1.29 is 17.7 Å². The van der Waals surface area contributed by atoms with Crippen LogP contribution in [0.25, 0.3) is 0 Å². The number of aromatic nitrogens is 1. The summed E-state index contributed by atoms with van der Waals surface area (Å²) in [6.07, 6.45) is 0.932. The largest absolute Gasteiger partial charge is 0.360 e. The molecular weight excluding hydrogens is 282 g/mol. The van der Waals surface area contributed by atoms with Gasteiger partial charge in [0.2, 0.25) is 5.91 Å². The van der Waals surface area contributed by atoms with Gasteiger partial charge in [0.1, 0.15) is 5.76 Å². The topological polar surface area (TPSA) is 92.5 Å². The summed E-state index contributed by atoms with van der Waals surface area (Å²) in [6.45, 7) is 2.26. The molecule has 1 atom stereocenters. The standard InChI is InChI=1S/C12H19N3O4S/c1-9-7-11(14-19-9)13-12(16)3-5-15(2)10-4-6-20(17,18)8-10/h7,10H,3-6,8H2,1-2H3,(H,13,14,16). The van der Waals surface area contributed by atoms with Gasteiger partial charge in [-0.15, -0.1) is 0 Å². The molecule has 1 aliphatic rings. The summed E-state index contributed by atoms with van der Waals surface area (Å²) in [5.41, 5.74) is 0. The predicted octanol–water partition coefficient (Wildman–Crippen LogP) is 0.431. The van der Waals surface area contributed by atoms with E-state index in [0.29, 0.717) is 31.0 Å². The number of carbonyl (C=O) groups excluding carboxylic acids is 1. The van der Waals surface area contributed by atoms with Gasteiger partial charge in [0.05, 0.1) is 11.5 Å². The average molecular weight is 301 g/mol. The number of amides is 1. The van der Waals surface area contributed by atoms with Gasteiger partial charge in [-0.05, 0) is 20.4 Å². The second kappa shape index (κ2) is 5.92. The Labute approximate surface area is 118 Å². The Morgan fingerprint density at radius 3 is 2.90 bits per heavy atom. The molecule has 2 heterocycles. The molecule has 1 N–H and O–H groups in total. The van der Waals surface area contributed by atoms with Crippen LogP contribution in [0.1, 0.15) is 18.6 Å². The van der Waals surface area contributed by atoms with Gasteiger partial charge < -0.3 is 14.7 Å². The Hall–Kier alpha value is -1.41. The highest BCUT2D eigenvalue weighted by molar-refractivity contribution is 7.91. The van der Waals surface area contributed by atoms with Gasteiger partial charge >= 0.3 is 0 Å². The third kappa shape index (κ3) is 4.04. The van der Waals surface area contributed by atoms with Crippen molar-refractivity contribution in [3.63, 3.8) is 0 Å². The van der Waals surface area contributed by atoms with Crippen LogP contribution in [-0.2, 0) is 14.6 Å². The molecule has 1 unspecified atom stereocenters. The fourth-order valence-electron chi connectivity index (χ4n) is 2.21. The van der Waals surface area contributed by atoms with Crippen LogP contribution >= 0.6 is 0 Å². The number of rotatable bonds is 5. The van der Waals surface area contributed by atoms with Crippen molar-refractivity contribution in [2.75, 3.05) is 30.4 Å². The smallest absolute Gasteiger partial charge is 0.226 e. The SMILES string of the molecule is Cc1cc(NC(=O)CCN(C)C2CCS(=O)(=O)C2)no1. The highest BCUT2D eigenvalue weighted by Crippen LogP contribution is 2.16. The minimum Gasteiger partial charge on any atom is -0.360 e. The Bertz CT molecular complexity index is 581. The average Bonchev–Trinajstić information content (AvgIpc) is 2.92. The number of anilines is 1. The van der Waals surface area contributed by atoms with E-state index in [0.717, 1.165) is 0 Å². The summed E-state index contributed by atoms with van der Waals surface area (Å²) < 4.78 is 27.7. The lowest BCUT2D eigenvalue weighted by molar-refractivity contribution is -0.116. The molecule has 1 saturated heterocycles. The number of sulfone groups is 1. The minimum atomic E-state index is -2.89. The van der Waals surface area contributed by atoms with Gasteiger partial charge in [0, 0.05) is 25.1 Å². The van der Waals surface area contributed by atoms with Crippen LogP contribution in [0.2, 0.25) is 0 Å². The Morgan fingerprint density at radius 1 is 1.60 bits per heavy atom. The quantitative estimate of drug-likeness (QED) is 0.848. The first-order chi connectivity index (χ1) is 9.35. The molecule has 0 aliphatic carbocycles. The van der Waals surface area contributed by atoms with E-state index in [9.17, 15) is 13.2 Å². The number of carbonyl (C=O) groups is 1. The summed E-state index contributed by atoms with van der Waals surface area (Å²) in [5.74, 6) is 1.30. The van der Waals surface area contributed by atoms with E-state index in [4.69, 9.17) is 4.52 Å². The second-order valence-corrected chi connectivity index (χ2v) is 7.39. The van der Waals surface area contributed by atoms with Crippen molar-refractivity contribution in [1.29, 1.82) is 0 Å². The number of hydrogen-bond donors (Lipinski definition) is 1. The fourth-order valence-corrected chi connectivity index (χ4v) is 4.02. The third-order valence-corrected chi connectivity index (χ3v) is 5.17. The monoisotopic (exact) mass is 301 g/mol. The summed E-state index contributed by atoms with van der Waals surface area (Å²) in [7, 11) is -1.04.